The zero-order valence-electron chi connectivity index (χ0n) is 11.8. The van der Waals surface area contributed by atoms with Gasteiger partial charge in [-0.2, -0.15) is 26.3 Å². The molecule has 0 spiro atoms. The summed E-state index contributed by atoms with van der Waals surface area (Å²) in [5.74, 6) is -1.82. The number of hydrogen-bond donors (Lipinski definition) is 1. The van der Waals surface area contributed by atoms with Crippen molar-refractivity contribution in [2.75, 3.05) is 26.3 Å². The second-order valence-corrected chi connectivity index (χ2v) is 5.58. The molecule has 0 bridgehead atoms. The maximum atomic E-state index is 13.2. The predicted molar refractivity (Wildman–Crippen MR) is 66.8 cm³/mol. The SMILES string of the molecule is NC([C@@H]1CCCC=C1N1CCOCC1)(C(F)(F)F)C(F)(F)F. The molecule has 1 aliphatic carbocycles. The van der Waals surface area contributed by atoms with Gasteiger partial charge < -0.3 is 15.4 Å². The number of ether oxygens (including phenoxy) is 1. The Labute approximate surface area is 124 Å². The van der Waals surface area contributed by atoms with E-state index in [1.54, 1.807) is 0 Å². The smallest absolute Gasteiger partial charge is 0.378 e. The minimum atomic E-state index is -5.57. The molecule has 0 amide bonds. The molecule has 0 saturated carbocycles. The van der Waals surface area contributed by atoms with E-state index < -0.39 is 23.8 Å². The standard InChI is InChI=1S/C13H18F6N2O/c14-12(15,16)11(20,13(17,18)19)9-3-1-2-4-10(9)21-5-7-22-8-6-21/h4,9H,1-3,5-8,20H2/t9-/m1/s1. The van der Waals surface area contributed by atoms with E-state index in [9.17, 15) is 26.3 Å². The molecule has 1 heterocycles. The lowest BCUT2D eigenvalue weighted by Crippen LogP contribution is -2.69. The number of nitrogens with two attached hydrogens (primary N) is 1. The van der Waals surface area contributed by atoms with Crippen molar-refractivity contribution >= 4 is 0 Å². The van der Waals surface area contributed by atoms with Crippen LogP contribution in [-0.2, 0) is 4.74 Å². The number of nitrogens with zero attached hydrogens (tertiary/aromatic N) is 1. The molecular formula is C13H18F6N2O. The summed E-state index contributed by atoms with van der Waals surface area (Å²) in [7, 11) is 0. The Hall–Kier alpha value is -0.960. The van der Waals surface area contributed by atoms with Crippen LogP contribution in [0.2, 0.25) is 0 Å². The quantitative estimate of drug-likeness (QED) is 0.791. The fraction of sp³-hybridized carbons (Fsp3) is 0.846. The number of rotatable bonds is 2. The predicted octanol–water partition coefficient (Wildman–Crippen LogP) is 2.82. The number of alkyl halides is 6. The first-order valence-electron chi connectivity index (χ1n) is 7.04. The van der Waals surface area contributed by atoms with Crippen LogP contribution in [0.5, 0.6) is 0 Å². The summed E-state index contributed by atoms with van der Waals surface area (Å²) in [5.41, 5.74) is 0.791. The summed E-state index contributed by atoms with van der Waals surface area (Å²) in [6.45, 7) is 1.10. The van der Waals surface area contributed by atoms with Crippen molar-refractivity contribution in [2.45, 2.75) is 37.2 Å². The van der Waals surface area contributed by atoms with Gasteiger partial charge in [0.2, 0.25) is 5.54 Å². The summed E-state index contributed by atoms with van der Waals surface area (Å²) < 4.78 is 84.4. The summed E-state index contributed by atoms with van der Waals surface area (Å²) in [5, 5.41) is 0. The minimum Gasteiger partial charge on any atom is -0.378 e. The van der Waals surface area contributed by atoms with Gasteiger partial charge in [0, 0.05) is 24.7 Å². The fourth-order valence-electron chi connectivity index (χ4n) is 3.05. The van der Waals surface area contributed by atoms with Crippen LogP contribution in [0.4, 0.5) is 26.3 Å². The highest BCUT2D eigenvalue weighted by molar-refractivity contribution is 5.20. The van der Waals surface area contributed by atoms with Gasteiger partial charge in [0.05, 0.1) is 13.2 Å². The lowest BCUT2D eigenvalue weighted by Gasteiger charge is -2.46. The second kappa shape index (κ2) is 5.92. The van der Waals surface area contributed by atoms with E-state index in [1.165, 1.54) is 11.0 Å². The topological polar surface area (TPSA) is 38.5 Å². The third kappa shape index (κ3) is 2.92. The number of allylic oxidation sites excluding steroid dienone is 1. The van der Waals surface area contributed by atoms with E-state index >= 15 is 0 Å². The average molecular weight is 332 g/mol. The van der Waals surface area contributed by atoms with Crippen LogP contribution < -0.4 is 5.73 Å². The van der Waals surface area contributed by atoms with Crippen molar-refractivity contribution in [2.24, 2.45) is 11.7 Å². The van der Waals surface area contributed by atoms with Crippen LogP contribution >= 0.6 is 0 Å². The Kier molecular flexibility index (Phi) is 4.68. The highest BCUT2D eigenvalue weighted by atomic mass is 19.4. The van der Waals surface area contributed by atoms with Gasteiger partial charge in [0.15, 0.2) is 0 Å². The minimum absolute atomic E-state index is 0.0479. The van der Waals surface area contributed by atoms with Crippen LogP contribution in [0, 0.1) is 5.92 Å². The zero-order chi connectivity index (χ0) is 16.6. The summed E-state index contributed by atoms with van der Waals surface area (Å²) in [6.07, 6.45) is -9.22. The van der Waals surface area contributed by atoms with Crippen molar-refractivity contribution in [3.05, 3.63) is 11.8 Å². The van der Waals surface area contributed by atoms with Gasteiger partial charge in [-0.3, -0.25) is 0 Å². The summed E-state index contributed by atoms with van der Waals surface area (Å²) in [6, 6.07) is 0. The Morgan fingerprint density at radius 2 is 1.59 bits per heavy atom. The Morgan fingerprint density at radius 3 is 2.09 bits per heavy atom. The second-order valence-electron chi connectivity index (χ2n) is 5.58. The van der Waals surface area contributed by atoms with Gasteiger partial charge in [0.25, 0.3) is 0 Å². The largest absolute Gasteiger partial charge is 0.415 e. The van der Waals surface area contributed by atoms with Gasteiger partial charge in [-0.25, -0.2) is 0 Å². The monoisotopic (exact) mass is 332 g/mol. The Balaban J connectivity index is 2.40. The summed E-state index contributed by atoms with van der Waals surface area (Å²) >= 11 is 0. The molecule has 0 aromatic rings. The van der Waals surface area contributed by atoms with Crippen molar-refractivity contribution in [1.82, 2.24) is 4.90 Å². The molecule has 9 heteroatoms. The van der Waals surface area contributed by atoms with Gasteiger partial charge in [-0.1, -0.05) is 6.08 Å². The van der Waals surface area contributed by atoms with Crippen molar-refractivity contribution in [3.63, 3.8) is 0 Å². The maximum Gasteiger partial charge on any atom is 0.415 e. The van der Waals surface area contributed by atoms with Crippen molar-refractivity contribution in [1.29, 1.82) is 0 Å². The molecular weight excluding hydrogens is 314 g/mol. The average Bonchev–Trinajstić information content (AvgIpc) is 2.45. The molecule has 2 N–H and O–H groups in total. The Bertz CT molecular complexity index is 411. The Morgan fingerprint density at radius 1 is 1.05 bits per heavy atom. The lowest BCUT2D eigenvalue weighted by atomic mass is 9.74. The molecule has 0 aromatic heterocycles. The van der Waals surface area contributed by atoms with Gasteiger partial charge in [0.1, 0.15) is 0 Å². The maximum absolute atomic E-state index is 13.2. The van der Waals surface area contributed by atoms with E-state index in [0.717, 1.165) is 0 Å². The number of hydrogen-bond acceptors (Lipinski definition) is 3. The van der Waals surface area contributed by atoms with Crippen LogP contribution in [0.1, 0.15) is 19.3 Å². The number of morpholine rings is 1. The van der Waals surface area contributed by atoms with E-state index in [1.807, 2.05) is 0 Å². The molecule has 0 radical (unpaired) electrons. The van der Waals surface area contributed by atoms with Crippen LogP contribution in [0.25, 0.3) is 0 Å². The molecule has 1 saturated heterocycles. The fourth-order valence-corrected chi connectivity index (χ4v) is 3.05. The molecule has 1 aliphatic heterocycles. The lowest BCUT2D eigenvalue weighted by molar-refractivity contribution is -0.310. The molecule has 2 aliphatic rings. The van der Waals surface area contributed by atoms with Crippen LogP contribution in [0.15, 0.2) is 11.8 Å². The van der Waals surface area contributed by atoms with Gasteiger partial charge in [-0.05, 0) is 19.3 Å². The molecule has 1 atom stereocenters. The highest BCUT2D eigenvalue weighted by Crippen LogP contribution is 2.51. The van der Waals surface area contributed by atoms with Gasteiger partial charge >= 0.3 is 12.4 Å². The highest BCUT2D eigenvalue weighted by Gasteiger charge is 2.72. The molecule has 1 fully saturated rings. The van der Waals surface area contributed by atoms with Crippen LogP contribution in [0.3, 0.4) is 0 Å². The normalized spacial score (nSPS) is 25.1. The third-order valence-electron chi connectivity index (χ3n) is 4.27. The van der Waals surface area contributed by atoms with Crippen LogP contribution in [-0.4, -0.2) is 49.1 Å². The van der Waals surface area contributed by atoms with E-state index in [2.05, 4.69) is 0 Å². The first kappa shape index (κ1) is 17.4. The van der Waals surface area contributed by atoms with E-state index in [-0.39, 0.29) is 44.8 Å². The number of halogens is 6. The molecule has 3 nitrogen and oxygen atoms in total. The van der Waals surface area contributed by atoms with Crippen molar-refractivity contribution < 1.29 is 31.1 Å². The van der Waals surface area contributed by atoms with E-state index in [4.69, 9.17) is 10.5 Å². The molecule has 128 valence electrons. The van der Waals surface area contributed by atoms with Crippen molar-refractivity contribution in [3.8, 4) is 0 Å². The first-order valence-corrected chi connectivity index (χ1v) is 7.04. The molecule has 22 heavy (non-hydrogen) atoms. The molecule has 2 rings (SSSR count). The van der Waals surface area contributed by atoms with E-state index in [0.29, 0.717) is 6.42 Å². The summed E-state index contributed by atoms with van der Waals surface area (Å²) in [4.78, 5) is 1.53. The molecule has 0 unspecified atom stereocenters. The third-order valence-corrected chi connectivity index (χ3v) is 4.27. The molecule has 0 aromatic carbocycles. The van der Waals surface area contributed by atoms with Gasteiger partial charge in [-0.15, -0.1) is 0 Å². The first-order chi connectivity index (χ1) is 10.1. The zero-order valence-corrected chi connectivity index (χ0v) is 11.8.